The third kappa shape index (κ3) is 4.92. The van der Waals surface area contributed by atoms with E-state index in [1.165, 1.54) is 11.1 Å². The van der Waals surface area contributed by atoms with Crippen LogP contribution in [0.25, 0.3) is 0 Å². The summed E-state index contributed by atoms with van der Waals surface area (Å²) in [5, 5.41) is 14.7. The van der Waals surface area contributed by atoms with Crippen LogP contribution in [0.2, 0.25) is 0 Å². The van der Waals surface area contributed by atoms with Crippen molar-refractivity contribution in [3.8, 4) is 5.75 Å². The fourth-order valence-corrected chi connectivity index (χ4v) is 2.60. The SMILES string of the molecule is COc1ccc(CCNc2cnnc(NC(C)c3ccccc3)n2)cc1. The van der Waals surface area contributed by atoms with E-state index in [4.69, 9.17) is 4.74 Å². The molecule has 26 heavy (non-hydrogen) atoms. The highest BCUT2D eigenvalue weighted by Crippen LogP contribution is 2.16. The van der Waals surface area contributed by atoms with Crippen molar-refractivity contribution in [2.45, 2.75) is 19.4 Å². The number of nitrogens with one attached hydrogen (secondary N) is 2. The summed E-state index contributed by atoms with van der Waals surface area (Å²) in [7, 11) is 1.67. The van der Waals surface area contributed by atoms with Crippen molar-refractivity contribution in [2.75, 3.05) is 24.3 Å². The average Bonchev–Trinajstić information content (AvgIpc) is 2.69. The molecule has 3 rings (SSSR count). The second-order valence-electron chi connectivity index (χ2n) is 5.97. The van der Waals surface area contributed by atoms with E-state index in [2.05, 4.69) is 57.0 Å². The zero-order valence-corrected chi connectivity index (χ0v) is 15.0. The number of ether oxygens (including phenoxy) is 1. The normalized spacial score (nSPS) is 11.6. The lowest BCUT2D eigenvalue weighted by molar-refractivity contribution is 0.414. The van der Waals surface area contributed by atoms with E-state index in [-0.39, 0.29) is 6.04 Å². The fraction of sp³-hybridized carbons (Fsp3) is 0.250. The van der Waals surface area contributed by atoms with Gasteiger partial charge >= 0.3 is 0 Å². The summed E-state index contributed by atoms with van der Waals surface area (Å²) in [4.78, 5) is 4.48. The van der Waals surface area contributed by atoms with Gasteiger partial charge in [0.1, 0.15) is 5.75 Å². The average molecular weight is 349 g/mol. The number of benzene rings is 2. The predicted octanol–water partition coefficient (Wildman–Crippen LogP) is 3.71. The van der Waals surface area contributed by atoms with Gasteiger partial charge in [-0.25, -0.2) is 0 Å². The van der Waals surface area contributed by atoms with Gasteiger partial charge in [-0.1, -0.05) is 42.5 Å². The van der Waals surface area contributed by atoms with Crippen molar-refractivity contribution in [3.05, 3.63) is 71.9 Å². The van der Waals surface area contributed by atoms with Crippen molar-refractivity contribution < 1.29 is 4.74 Å². The summed E-state index contributed by atoms with van der Waals surface area (Å²) in [5.41, 5.74) is 2.41. The third-order valence-electron chi connectivity index (χ3n) is 4.08. The van der Waals surface area contributed by atoms with Crippen LogP contribution in [0.1, 0.15) is 24.1 Å². The lowest BCUT2D eigenvalue weighted by atomic mass is 10.1. The molecular weight excluding hydrogens is 326 g/mol. The second kappa shape index (κ2) is 8.80. The Morgan fingerprint density at radius 1 is 1.04 bits per heavy atom. The molecule has 0 radical (unpaired) electrons. The first-order valence-corrected chi connectivity index (χ1v) is 8.62. The summed E-state index contributed by atoms with van der Waals surface area (Å²) in [5.74, 6) is 2.08. The van der Waals surface area contributed by atoms with Crippen molar-refractivity contribution in [2.24, 2.45) is 0 Å². The van der Waals surface area contributed by atoms with E-state index in [9.17, 15) is 0 Å². The molecule has 0 saturated carbocycles. The maximum absolute atomic E-state index is 5.17. The van der Waals surface area contributed by atoms with Crippen LogP contribution in [0.4, 0.5) is 11.8 Å². The van der Waals surface area contributed by atoms with E-state index in [0.29, 0.717) is 11.8 Å². The summed E-state index contributed by atoms with van der Waals surface area (Å²) in [6, 6.07) is 18.3. The third-order valence-corrected chi connectivity index (χ3v) is 4.08. The van der Waals surface area contributed by atoms with Crippen LogP contribution in [-0.2, 0) is 6.42 Å². The van der Waals surface area contributed by atoms with Gasteiger partial charge in [-0.2, -0.15) is 10.1 Å². The number of rotatable bonds is 8. The van der Waals surface area contributed by atoms with Crippen molar-refractivity contribution >= 4 is 11.8 Å². The van der Waals surface area contributed by atoms with E-state index in [1.54, 1.807) is 13.3 Å². The van der Waals surface area contributed by atoms with Gasteiger partial charge in [0.2, 0.25) is 5.95 Å². The first kappa shape index (κ1) is 17.7. The largest absolute Gasteiger partial charge is 0.497 e. The van der Waals surface area contributed by atoms with Crippen LogP contribution >= 0.6 is 0 Å². The van der Waals surface area contributed by atoms with Gasteiger partial charge in [-0.05, 0) is 36.6 Å². The van der Waals surface area contributed by atoms with Gasteiger partial charge in [0, 0.05) is 6.54 Å². The monoisotopic (exact) mass is 349 g/mol. The Labute approximate surface area is 153 Å². The van der Waals surface area contributed by atoms with Crippen LogP contribution < -0.4 is 15.4 Å². The highest BCUT2D eigenvalue weighted by molar-refractivity contribution is 5.39. The summed E-state index contributed by atoms with van der Waals surface area (Å²) in [6.07, 6.45) is 2.52. The molecule has 134 valence electrons. The minimum absolute atomic E-state index is 0.104. The van der Waals surface area contributed by atoms with E-state index in [1.807, 2.05) is 30.3 Å². The number of aromatic nitrogens is 3. The van der Waals surface area contributed by atoms with Gasteiger partial charge in [0.05, 0.1) is 19.3 Å². The molecule has 6 nitrogen and oxygen atoms in total. The molecule has 0 fully saturated rings. The van der Waals surface area contributed by atoms with Crippen LogP contribution in [-0.4, -0.2) is 28.8 Å². The standard InChI is InChI=1S/C20H23N5O/c1-15(17-6-4-3-5-7-17)23-20-24-19(14-22-25-20)21-13-12-16-8-10-18(26-2)11-9-16/h3-11,14-15H,12-13H2,1-2H3,(H2,21,23,24,25). The Morgan fingerprint density at radius 2 is 1.81 bits per heavy atom. The van der Waals surface area contributed by atoms with Crippen molar-refractivity contribution in [1.82, 2.24) is 15.2 Å². The minimum Gasteiger partial charge on any atom is -0.497 e. The van der Waals surface area contributed by atoms with Gasteiger partial charge in [-0.15, -0.1) is 5.10 Å². The van der Waals surface area contributed by atoms with Gasteiger partial charge in [0.25, 0.3) is 0 Å². The Kier molecular flexibility index (Phi) is 5.98. The molecule has 1 atom stereocenters. The van der Waals surface area contributed by atoms with E-state index >= 15 is 0 Å². The van der Waals surface area contributed by atoms with Crippen LogP contribution in [0, 0.1) is 0 Å². The maximum atomic E-state index is 5.17. The molecule has 0 aliphatic heterocycles. The zero-order valence-electron chi connectivity index (χ0n) is 15.0. The smallest absolute Gasteiger partial charge is 0.245 e. The molecule has 0 spiro atoms. The first-order chi connectivity index (χ1) is 12.7. The predicted molar refractivity (Wildman–Crippen MR) is 103 cm³/mol. The number of nitrogens with zero attached hydrogens (tertiary/aromatic N) is 3. The number of hydrogen-bond donors (Lipinski definition) is 2. The maximum Gasteiger partial charge on any atom is 0.245 e. The number of methoxy groups -OCH3 is 1. The molecule has 1 unspecified atom stereocenters. The van der Waals surface area contributed by atoms with Crippen molar-refractivity contribution in [1.29, 1.82) is 0 Å². The van der Waals surface area contributed by atoms with Crippen LogP contribution in [0.5, 0.6) is 5.75 Å². The lowest BCUT2D eigenvalue weighted by Crippen LogP contribution is -2.12. The minimum atomic E-state index is 0.104. The summed E-state index contributed by atoms with van der Waals surface area (Å²) in [6.45, 7) is 2.83. The quantitative estimate of drug-likeness (QED) is 0.646. The fourth-order valence-electron chi connectivity index (χ4n) is 2.60. The lowest BCUT2D eigenvalue weighted by Gasteiger charge is -2.14. The van der Waals surface area contributed by atoms with Gasteiger partial charge in [-0.3, -0.25) is 0 Å². The summed E-state index contributed by atoms with van der Waals surface area (Å²) >= 11 is 0. The summed E-state index contributed by atoms with van der Waals surface area (Å²) < 4.78 is 5.17. The van der Waals surface area contributed by atoms with E-state index in [0.717, 1.165) is 18.7 Å². The highest BCUT2D eigenvalue weighted by Gasteiger charge is 2.07. The Hall–Kier alpha value is -3.15. The molecule has 0 bridgehead atoms. The molecule has 2 aromatic carbocycles. The molecule has 1 aromatic heterocycles. The second-order valence-corrected chi connectivity index (χ2v) is 5.97. The molecule has 6 heteroatoms. The van der Waals surface area contributed by atoms with Crippen LogP contribution in [0.15, 0.2) is 60.8 Å². The molecule has 0 amide bonds. The molecule has 0 saturated heterocycles. The molecule has 3 aromatic rings. The van der Waals surface area contributed by atoms with Crippen molar-refractivity contribution in [3.63, 3.8) is 0 Å². The number of hydrogen-bond acceptors (Lipinski definition) is 6. The molecule has 0 aliphatic carbocycles. The van der Waals surface area contributed by atoms with E-state index < -0.39 is 0 Å². The van der Waals surface area contributed by atoms with Gasteiger partial charge < -0.3 is 15.4 Å². The Balaban J connectivity index is 1.53. The molecular formula is C20H23N5O. The first-order valence-electron chi connectivity index (χ1n) is 8.62. The van der Waals surface area contributed by atoms with Gasteiger partial charge in [0.15, 0.2) is 5.82 Å². The zero-order chi connectivity index (χ0) is 18.2. The molecule has 2 N–H and O–H groups in total. The Morgan fingerprint density at radius 3 is 2.54 bits per heavy atom. The molecule has 0 aliphatic rings. The van der Waals surface area contributed by atoms with Crippen LogP contribution in [0.3, 0.4) is 0 Å². The Bertz CT molecular complexity index is 808. The number of anilines is 2. The molecule has 1 heterocycles. The topological polar surface area (TPSA) is 72.0 Å². The highest BCUT2D eigenvalue weighted by atomic mass is 16.5.